The molecule has 1 aliphatic rings. The van der Waals surface area contributed by atoms with Crippen LogP contribution in [-0.2, 0) is 0 Å². The zero-order chi connectivity index (χ0) is 14.9. The summed E-state index contributed by atoms with van der Waals surface area (Å²) in [6.45, 7) is 6.47. The van der Waals surface area contributed by atoms with E-state index >= 15 is 0 Å². The van der Waals surface area contributed by atoms with Crippen molar-refractivity contribution < 1.29 is 4.74 Å². The predicted octanol–water partition coefficient (Wildman–Crippen LogP) is 4.65. The molecule has 1 aromatic rings. The van der Waals surface area contributed by atoms with Gasteiger partial charge in [0.25, 0.3) is 0 Å². The Kier molecular flexibility index (Phi) is 7.08. The minimum absolute atomic E-state index is 0.496. The molecule has 0 aromatic heterocycles. The quantitative estimate of drug-likeness (QED) is 0.752. The van der Waals surface area contributed by atoms with E-state index in [2.05, 4.69) is 31.3 Å². The molecule has 0 saturated heterocycles. The molecular formula is C19H31NO. The monoisotopic (exact) mass is 289 g/mol. The van der Waals surface area contributed by atoms with Crippen molar-refractivity contribution in [3.63, 3.8) is 0 Å². The fraction of sp³-hybridized carbons (Fsp3) is 0.684. The first-order valence-electron chi connectivity index (χ1n) is 8.76. The lowest BCUT2D eigenvalue weighted by Crippen LogP contribution is -2.45. The summed E-state index contributed by atoms with van der Waals surface area (Å²) in [5.74, 6) is 2.64. The maximum Gasteiger partial charge on any atom is 0.119 e. The fourth-order valence-electron chi connectivity index (χ4n) is 3.64. The lowest BCUT2D eigenvalue weighted by molar-refractivity contribution is 0.132. The van der Waals surface area contributed by atoms with Gasteiger partial charge in [0, 0.05) is 6.04 Å². The van der Waals surface area contributed by atoms with Crippen molar-refractivity contribution in [3.8, 4) is 5.75 Å². The van der Waals surface area contributed by atoms with Crippen LogP contribution >= 0.6 is 0 Å². The van der Waals surface area contributed by atoms with E-state index < -0.39 is 0 Å². The van der Waals surface area contributed by atoms with Crippen LogP contribution in [0.2, 0.25) is 0 Å². The van der Waals surface area contributed by atoms with E-state index in [1.807, 2.05) is 18.2 Å². The van der Waals surface area contributed by atoms with Crippen LogP contribution in [0, 0.1) is 11.8 Å². The summed E-state index contributed by atoms with van der Waals surface area (Å²) in [6, 6.07) is 10.7. The van der Waals surface area contributed by atoms with Crippen LogP contribution < -0.4 is 10.1 Å². The van der Waals surface area contributed by atoms with Gasteiger partial charge in [0.05, 0.1) is 0 Å². The van der Waals surface area contributed by atoms with Crippen LogP contribution in [0.5, 0.6) is 5.75 Å². The summed E-state index contributed by atoms with van der Waals surface area (Å²) in [5.41, 5.74) is 0. The summed E-state index contributed by atoms with van der Waals surface area (Å²) in [7, 11) is 0. The average molecular weight is 289 g/mol. The van der Waals surface area contributed by atoms with Crippen molar-refractivity contribution >= 4 is 0 Å². The molecule has 2 rings (SSSR count). The lowest BCUT2D eigenvalue weighted by Gasteiger charge is -2.37. The standard InChI is InChI=1S/C19H31NO/c1-3-14-20-19(15-21-17-11-6-5-7-12-17)18-13-9-8-10-16(18)4-2/h5-7,11-12,16,18-20H,3-4,8-10,13-15H2,1-2H3. The zero-order valence-corrected chi connectivity index (χ0v) is 13.7. The first-order chi connectivity index (χ1) is 10.3. The van der Waals surface area contributed by atoms with E-state index in [0.29, 0.717) is 6.04 Å². The van der Waals surface area contributed by atoms with Gasteiger partial charge in [-0.05, 0) is 43.4 Å². The SMILES string of the molecule is CCCNC(COc1ccccc1)C1CCCCC1CC. The summed E-state index contributed by atoms with van der Waals surface area (Å²) in [5, 5.41) is 3.75. The second-order valence-corrected chi connectivity index (χ2v) is 6.30. The summed E-state index contributed by atoms with van der Waals surface area (Å²) in [4.78, 5) is 0. The Labute approximate surface area is 130 Å². The van der Waals surface area contributed by atoms with Gasteiger partial charge in [-0.15, -0.1) is 0 Å². The lowest BCUT2D eigenvalue weighted by atomic mass is 9.74. The van der Waals surface area contributed by atoms with Gasteiger partial charge >= 0.3 is 0 Å². The number of nitrogens with one attached hydrogen (secondary N) is 1. The minimum atomic E-state index is 0.496. The van der Waals surface area contributed by atoms with E-state index in [9.17, 15) is 0 Å². The normalized spacial score (nSPS) is 23.7. The Morgan fingerprint density at radius 2 is 1.90 bits per heavy atom. The third-order valence-corrected chi connectivity index (χ3v) is 4.84. The molecule has 1 fully saturated rings. The number of hydrogen-bond acceptors (Lipinski definition) is 2. The topological polar surface area (TPSA) is 21.3 Å². The average Bonchev–Trinajstić information content (AvgIpc) is 2.56. The van der Waals surface area contributed by atoms with E-state index in [4.69, 9.17) is 4.74 Å². The van der Waals surface area contributed by atoms with Gasteiger partial charge in [-0.3, -0.25) is 0 Å². The number of benzene rings is 1. The third kappa shape index (κ3) is 5.03. The van der Waals surface area contributed by atoms with Crippen LogP contribution in [0.3, 0.4) is 0 Å². The number of ether oxygens (including phenoxy) is 1. The van der Waals surface area contributed by atoms with Crippen molar-refractivity contribution in [3.05, 3.63) is 30.3 Å². The molecule has 0 bridgehead atoms. The molecular weight excluding hydrogens is 258 g/mol. The Morgan fingerprint density at radius 3 is 2.62 bits per heavy atom. The fourth-order valence-corrected chi connectivity index (χ4v) is 3.64. The molecule has 2 heteroatoms. The second-order valence-electron chi connectivity index (χ2n) is 6.30. The molecule has 0 heterocycles. The van der Waals surface area contributed by atoms with Crippen molar-refractivity contribution in [1.82, 2.24) is 5.32 Å². The van der Waals surface area contributed by atoms with Gasteiger partial charge in [0.1, 0.15) is 12.4 Å². The van der Waals surface area contributed by atoms with Crippen molar-refractivity contribution in [2.24, 2.45) is 11.8 Å². The van der Waals surface area contributed by atoms with Gasteiger partial charge < -0.3 is 10.1 Å². The Bertz CT molecular complexity index is 378. The maximum atomic E-state index is 6.05. The van der Waals surface area contributed by atoms with Crippen molar-refractivity contribution in [1.29, 1.82) is 0 Å². The molecule has 0 aliphatic heterocycles. The van der Waals surface area contributed by atoms with Crippen LogP contribution in [0.4, 0.5) is 0 Å². The molecule has 0 spiro atoms. The highest BCUT2D eigenvalue weighted by Crippen LogP contribution is 2.34. The minimum Gasteiger partial charge on any atom is -0.492 e. The highest BCUT2D eigenvalue weighted by atomic mass is 16.5. The van der Waals surface area contributed by atoms with E-state index in [0.717, 1.165) is 30.7 Å². The third-order valence-electron chi connectivity index (χ3n) is 4.84. The first kappa shape index (κ1) is 16.4. The van der Waals surface area contributed by atoms with E-state index in [1.165, 1.54) is 38.5 Å². The van der Waals surface area contributed by atoms with Crippen molar-refractivity contribution in [2.75, 3.05) is 13.2 Å². The second kappa shape index (κ2) is 9.09. The summed E-state index contributed by atoms with van der Waals surface area (Å²) >= 11 is 0. The molecule has 1 N–H and O–H groups in total. The number of hydrogen-bond donors (Lipinski definition) is 1. The molecule has 118 valence electrons. The van der Waals surface area contributed by atoms with Gasteiger partial charge in [0.2, 0.25) is 0 Å². The highest BCUT2D eigenvalue weighted by molar-refractivity contribution is 5.21. The number of para-hydroxylation sites is 1. The summed E-state index contributed by atoms with van der Waals surface area (Å²) < 4.78 is 6.05. The molecule has 1 aromatic carbocycles. The largest absolute Gasteiger partial charge is 0.492 e. The van der Waals surface area contributed by atoms with Gasteiger partial charge in [-0.25, -0.2) is 0 Å². The van der Waals surface area contributed by atoms with Gasteiger partial charge in [0.15, 0.2) is 0 Å². The molecule has 0 amide bonds. The van der Waals surface area contributed by atoms with Gasteiger partial charge in [-0.1, -0.05) is 57.7 Å². The van der Waals surface area contributed by atoms with Crippen LogP contribution in [-0.4, -0.2) is 19.2 Å². The highest BCUT2D eigenvalue weighted by Gasteiger charge is 2.30. The Balaban J connectivity index is 1.95. The van der Waals surface area contributed by atoms with E-state index in [-0.39, 0.29) is 0 Å². The maximum absolute atomic E-state index is 6.05. The summed E-state index contributed by atoms with van der Waals surface area (Å²) in [6.07, 6.45) is 8.05. The van der Waals surface area contributed by atoms with Crippen LogP contribution in [0.1, 0.15) is 52.4 Å². The van der Waals surface area contributed by atoms with E-state index in [1.54, 1.807) is 0 Å². The molecule has 3 unspecified atom stereocenters. The van der Waals surface area contributed by atoms with Gasteiger partial charge in [-0.2, -0.15) is 0 Å². The molecule has 1 aliphatic carbocycles. The molecule has 1 saturated carbocycles. The predicted molar refractivity (Wildman–Crippen MR) is 89.8 cm³/mol. The smallest absolute Gasteiger partial charge is 0.119 e. The number of rotatable bonds is 8. The van der Waals surface area contributed by atoms with Crippen LogP contribution in [0.15, 0.2) is 30.3 Å². The Morgan fingerprint density at radius 1 is 1.14 bits per heavy atom. The Hall–Kier alpha value is -1.02. The molecule has 2 nitrogen and oxygen atoms in total. The van der Waals surface area contributed by atoms with Crippen LogP contribution in [0.25, 0.3) is 0 Å². The first-order valence-corrected chi connectivity index (χ1v) is 8.76. The molecule has 21 heavy (non-hydrogen) atoms. The van der Waals surface area contributed by atoms with Crippen molar-refractivity contribution in [2.45, 2.75) is 58.4 Å². The molecule has 0 radical (unpaired) electrons. The zero-order valence-electron chi connectivity index (χ0n) is 13.7. The molecule has 3 atom stereocenters.